The van der Waals surface area contributed by atoms with Crippen LogP contribution in [0.4, 0.5) is 0 Å². The summed E-state index contributed by atoms with van der Waals surface area (Å²) in [6.45, 7) is 0. The summed E-state index contributed by atoms with van der Waals surface area (Å²) in [6, 6.07) is 0.272. The molecule has 1 rings (SSSR count). The summed E-state index contributed by atoms with van der Waals surface area (Å²) in [7, 11) is 1.58. The van der Waals surface area contributed by atoms with E-state index < -0.39 is 0 Å². The Morgan fingerprint density at radius 3 is 2.60 bits per heavy atom. The normalized spacial score (nSPS) is 19.4. The number of nitrogens with two attached hydrogens (primary N) is 1. The van der Waals surface area contributed by atoms with Crippen molar-refractivity contribution in [2.45, 2.75) is 38.1 Å². The smallest absolute Gasteiger partial charge is 0.273 e. The number of nitrogens with one attached hydrogen (secondary N) is 1. The molecule has 1 aliphatic rings. The van der Waals surface area contributed by atoms with Gasteiger partial charge in [0.25, 0.3) is 5.91 Å². The third-order valence-corrected chi connectivity index (χ3v) is 2.56. The molecular weight excluding hydrogens is 192 g/mol. The molecule has 84 valence electrons. The molecule has 0 atom stereocenters. The van der Waals surface area contributed by atoms with Crippen LogP contribution in [-0.4, -0.2) is 30.9 Å². The van der Waals surface area contributed by atoms with Crippen LogP contribution in [0.1, 0.15) is 32.1 Å². The predicted octanol–water partition coefficient (Wildman–Crippen LogP) is 0.451. The molecule has 5 heteroatoms. The number of amides is 1. The molecular formula is C10H18N4O. The molecule has 0 saturated heterocycles. The molecule has 1 aliphatic carbocycles. The Balaban J connectivity index is 2.46. The first-order valence-corrected chi connectivity index (χ1v) is 5.29. The maximum absolute atomic E-state index is 11.6. The first kappa shape index (κ1) is 11.7. The summed E-state index contributed by atoms with van der Waals surface area (Å²) in [6.07, 6.45) is 7.10. The Morgan fingerprint density at radius 2 is 2.07 bits per heavy atom. The van der Waals surface area contributed by atoms with Crippen molar-refractivity contribution in [3.05, 3.63) is 0 Å². The van der Waals surface area contributed by atoms with Crippen molar-refractivity contribution in [2.75, 3.05) is 7.05 Å². The summed E-state index contributed by atoms with van der Waals surface area (Å²) in [4.78, 5) is 15.3. The summed E-state index contributed by atoms with van der Waals surface area (Å²) >= 11 is 0. The molecule has 0 aromatic carbocycles. The highest BCUT2D eigenvalue weighted by molar-refractivity contribution is 6.60. The van der Waals surface area contributed by atoms with Crippen LogP contribution in [0.25, 0.3) is 0 Å². The van der Waals surface area contributed by atoms with Crippen LogP contribution in [0.2, 0.25) is 0 Å². The number of nitrogens with zero attached hydrogens (tertiary/aromatic N) is 2. The first-order chi connectivity index (χ1) is 7.27. The van der Waals surface area contributed by atoms with Crippen LogP contribution in [0.5, 0.6) is 0 Å². The fraction of sp³-hybridized carbons (Fsp3) is 0.700. The van der Waals surface area contributed by atoms with Crippen molar-refractivity contribution >= 4 is 17.8 Å². The monoisotopic (exact) mass is 210 g/mol. The lowest BCUT2D eigenvalue weighted by molar-refractivity contribution is -0.115. The van der Waals surface area contributed by atoms with Gasteiger partial charge in [-0.3, -0.25) is 9.79 Å². The van der Waals surface area contributed by atoms with Crippen LogP contribution < -0.4 is 11.2 Å². The Bertz CT molecular complexity index is 267. The number of hydrogen-bond acceptors (Lipinski definition) is 4. The second kappa shape index (κ2) is 6.16. The highest BCUT2D eigenvalue weighted by Gasteiger charge is 2.17. The molecule has 0 unspecified atom stereocenters. The maximum atomic E-state index is 11.6. The fourth-order valence-corrected chi connectivity index (χ4v) is 1.78. The lowest BCUT2D eigenvalue weighted by Gasteiger charge is -2.22. The zero-order chi connectivity index (χ0) is 11.1. The van der Waals surface area contributed by atoms with Gasteiger partial charge in [-0.2, -0.15) is 5.10 Å². The van der Waals surface area contributed by atoms with Gasteiger partial charge in [0.2, 0.25) is 0 Å². The third kappa shape index (κ3) is 3.69. The predicted molar refractivity (Wildman–Crippen MR) is 61.1 cm³/mol. The summed E-state index contributed by atoms with van der Waals surface area (Å²) in [5.74, 6) is 4.87. The Kier molecular flexibility index (Phi) is 4.80. The van der Waals surface area contributed by atoms with Crippen molar-refractivity contribution in [2.24, 2.45) is 15.9 Å². The number of hydrazone groups is 1. The molecule has 0 aromatic rings. The van der Waals surface area contributed by atoms with Gasteiger partial charge in [0, 0.05) is 13.1 Å². The number of carbonyl (C=O) groups excluding carboxylic acids is 1. The second-order valence-corrected chi connectivity index (χ2v) is 3.71. The maximum Gasteiger partial charge on any atom is 0.273 e. The lowest BCUT2D eigenvalue weighted by Crippen LogP contribution is -2.41. The minimum atomic E-state index is -0.227. The van der Waals surface area contributed by atoms with Crippen molar-refractivity contribution in [1.82, 2.24) is 5.32 Å². The summed E-state index contributed by atoms with van der Waals surface area (Å²) in [5, 5.41) is 6.31. The standard InChI is InChI=1S/C10H18N4O/c1-12-7-9(14-11)10(15)13-8-5-3-2-4-6-8/h7-8H,2-6,11H2,1H3,(H,13,15). The largest absolute Gasteiger partial charge is 0.348 e. The molecule has 0 heterocycles. The highest BCUT2D eigenvalue weighted by atomic mass is 16.2. The Morgan fingerprint density at radius 1 is 1.40 bits per heavy atom. The first-order valence-electron chi connectivity index (χ1n) is 5.29. The lowest BCUT2D eigenvalue weighted by atomic mass is 9.95. The van der Waals surface area contributed by atoms with Crippen LogP contribution in [0.15, 0.2) is 10.1 Å². The van der Waals surface area contributed by atoms with Crippen molar-refractivity contribution in [1.29, 1.82) is 0 Å². The fourth-order valence-electron chi connectivity index (χ4n) is 1.78. The van der Waals surface area contributed by atoms with E-state index in [1.54, 1.807) is 7.05 Å². The average molecular weight is 210 g/mol. The molecule has 0 spiro atoms. The number of hydrogen-bond donors (Lipinski definition) is 2. The molecule has 0 aliphatic heterocycles. The van der Waals surface area contributed by atoms with Gasteiger partial charge in [-0.1, -0.05) is 19.3 Å². The van der Waals surface area contributed by atoms with Crippen LogP contribution >= 0.6 is 0 Å². The van der Waals surface area contributed by atoms with Crippen LogP contribution in [0, 0.1) is 0 Å². The zero-order valence-corrected chi connectivity index (χ0v) is 9.07. The second-order valence-electron chi connectivity index (χ2n) is 3.71. The Hall–Kier alpha value is -1.39. The number of carbonyl (C=O) groups is 1. The molecule has 1 amide bonds. The zero-order valence-electron chi connectivity index (χ0n) is 9.07. The molecule has 1 saturated carbocycles. The molecule has 0 bridgehead atoms. The van der Waals surface area contributed by atoms with Gasteiger partial charge >= 0.3 is 0 Å². The number of aliphatic imine (C=N–C) groups is 1. The quantitative estimate of drug-likeness (QED) is 0.403. The molecule has 0 aromatic heterocycles. The van der Waals surface area contributed by atoms with Gasteiger partial charge in [-0.05, 0) is 12.8 Å². The highest BCUT2D eigenvalue weighted by Crippen LogP contribution is 2.17. The van der Waals surface area contributed by atoms with Gasteiger partial charge in [0.15, 0.2) is 5.71 Å². The van der Waals surface area contributed by atoms with E-state index in [2.05, 4.69) is 15.4 Å². The SMILES string of the molecule is CN=CC(=NN)C(=O)NC1CCCCC1. The van der Waals surface area contributed by atoms with E-state index in [9.17, 15) is 4.79 Å². The van der Waals surface area contributed by atoms with Gasteiger partial charge in [-0.15, -0.1) is 0 Å². The van der Waals surface area contributed by atoms with E-state index >= 15 is 0 Å². The molecule has 15 heavy (non-hydrogen) atoms. The van der Waals surface area contributed by atoms with E-state index in [1.807, 2.05) is 0 Å². The Labute approximate surface area is 89.8 Å². The van der Waals surface area contributed by atoms with E-state index in [0.29, 0.717) is 0 Å². The third-order valence-electron chi connectivity index (χ3n) is 2.56. The minimum absolute atomic E-state index is 0.183. The molecule has 1 fully saturated rings. The summed E-state index contributed by atoms with van der Waals surface area (Å²) < 4.78 is 0. The van der Waals surface area contributed by atoms with Crippen molar-refractivity contribution in [3.63, 3.8) is 0 Å². The van der Waals surface area contributed by atoms with E-state index in [1.165, 1.54) is 25.5 Å². The number of rotatable bonds is 3. The van der Waals surface area contributed by atoms with Gasteiger partial charge < -0.3 is 11.2 Å². The average Bonchev–Trinajstić information content (AvgIpc) is 2.27. The van der Waals surface area contributed by atoms with Crippen molar-refractivity contribution < 1.29 is 4.79 Å². The minimum Gasteiger partial charge on any atom is -0.348 e. The van der Waals surface area contributed by atoms with Crippen LogP contribution in [-0.2, 0) is 4.79 Å². The van der Waals surface area contributed by atoms with Gasteiger partial charge in [-0.25, -0.2) is 0 Å². The van der Waals surface area contributed by atoms with E-state index in [-0.39, 0.29) is 17.7 Å². The topological polar surface area (TPSA) is 79.8 Å². The van der Waals surface area contributed by atoms with Gasteiger partial charge in [0.1, 0.15) is 0 Å². The van der Waals surface area contributed by atoms with Crippen LogP contribution in [0.3, 0.4) is 0 Å². The summed E-state index contributed by atoms with van der Waals surface area (Å²) in [5.41, 5.74) is 0.183. The van der Waals surface area contributed by atoms with Crippen molar-refractivity contribution in [3.8, 4) is 0 Å². The van der Waals surface area contributed by atoms with E-state index in [0.717, 1.165) is 12.8 Å². The molecule has 5 nitrogen and oxygen atoms in total. The van der Waals surface area contributed by atoms with E-state index in [4.69, 9.17) is 5.84 Å². The van der Waals surface area contributed by atoms with Gasteiger partial charge in [0.05, 0.1) is 6.21 Å². The molecule has 3 N–H and O–H groups in total. The molecule has 0 radical (unpaired) electrons.